The fraction of sp³-hybridized carbons (Fsp3) is 0.135. The van der Waals surface area contributed by atoms with E-state index in [9.17, 15) is 45.5 Å². The molecule has 0 saturated heterocycles. The molecule has 0 aromatic heterocycles. The molecular formula is C37H26F6N4O4. The van der Waals surface area contributed by atoms with Crippen LogP contribution in [0.5, 0.6) is 0 Å². The van der Waals surface area contributed by atoms with Gasteiger partial charge >= 0.3 is 12.4 Å². The van der Waals surface area contributed by atoms with Crippen LogP contribution in [-0.4, -0.2) is 23.6 Å². The minimum absolute atomic E-state index is 0.0797. The molecule has 0 fully saturated rings. The van der Waals surface area contributed by atoms with Crippen LogP contribution in [0.15, 0.2) is 84.5 Å². The molecule has 8 nitrogen and oxygen atoms in total. The summed E-state index contributed by atoms with van der Waals surface area (Å²) >= 11 is 0. The highest BCUT2D eigenvalue weighted by molar-refractivity contribution is 6.35. The van der Waals surface area contributed by atoms with Crippen molar-refractivity contribution in [2.45, 2.75) is 33.1 Å². The number of amides is 4. The van der Waals surface area contributed by atoms with Crippen LogP contribution in [0.1, 0.15) is 55.5 Å². The lowest BCUT2D eigenvalue weighted by Gasteiger charge is -2.24. The molecule has 0 radical (unpaired) electrons. The predicted molar refractivity (Wildman–Crippen MR) is 178 cm³/mol. The van der Waals surface area contributed by atoms with Crippen molar-refractivity contribution in [2.75, 3.05) is 21.3 Å². The Morgan fingerprint density at radius 1 is 0.627 bits per heavy atom. The van der Waals surface area contributed by atoms with Gasteiger partial charge in [-0.3, -0.25) is 19.2 Å². The van der Waals surface area contributed by atoms with Gasteiger partial charge < -0.3 is 11.5 Å². The highest BCUT2D eigenvalue weighted by atomic mass is 19.4. The molecule has 4 N–H and O–H groups in total. The number of nitrogens with two attached hydrogens (primary N) is 2. The maximum atomic E-state index is 14.6. The Bertz CT molecular complexity index is 2290. The molecule has 4 amide bonds. The number of imide groups is 2. The average molecular weight is 705 g/mol. The third-order valence-electron chi connectivity index (χ3n) is 8.64. The SMILES string of the molecule is C/C(=C\C1=CC(=O)N(c2cc(C)c(N3C(=O)c4ccc(-c5ccc(N)cc5C(F)(F)F)cc4C3=O)cc2C(F)(F)F)C1=O)c1ccc(N)cc1C. The highest BCUT2D eigenvalue weighted by Crippen LogP contribution is 2.45. The third-order valence-corrected chi connectivity index (χ3v) is 8.64. The molecule has 4 aromatic carbocycles. The molecule has 0 spiro atoms. The first kappa shape index (κ1) is 34.7. The van der Waals surface area contributed by atoms with E-state index in [1.165, 1.54) is 25.1 Å². The van der Waals surface area contributed by atoms with Crippen LogP contribution in [0.2, 0.25) is 0 Å². The molecule has 2 aliphatic heterocycles. The molecule has 0 unspecified atom stereocenters. The van der Waals surface area contributed by atoms with Crippen molar-refractivity contribution in [3.63, 3.8) is 0 Å². The number of allylic oxidation sites excluding steroid dienone is 1. The Balaban J connectivity index is 1.38. The van der Waals surface area contributed by atoms with E-state index >= 15 is 0 Å². The number of carbonyl (C=O) groups is 4. The second-order valence-corrected chi connectivity index (χ2v) is 12.1. The van der Waals surface area contributed by atoms with Gasteiger partial charge in [0.1, 0.15) is 0 Å². The van der Waals surface area contributed by atoms with Crippen LogP contribution in [0.3, 0.4) is 0 Å². The van der Waals surface area contributed by atoms with Crippen LogP contribution in [0.25, 0.3) is 16.7 Å². The molecule has 0 saturated carbocycles. The van der Waals surface area contributed by atoms with Crippen LogP contribution in [0.4, 0.5) is 49.1 Å². The Labute approximate surface area is 286 Å². The summed E-state index contributed by atoms with van der Waals surface area (Å²) in [5, 5.41) is 0. The van der Waals surface area contributed by atoms with E-state index in [2.05, 4.69) is 0 Å². The van der Waals surface area contributed by atoms with Gasteiger partial charge in [-0.25, -0.2) is 9.80 Å². The van der Waals surface area contributed by atoms with Crippen molar-refractivity contribution in [1.29, 1.82) is 0 Å². The highest BCUT2D eigenvalue weighted by Gasteiger charge is 2.44. The van der Waals surface area contributed by atoms with Crippen molar-refractivity contribution < 1.29 is 45.5 Å². The van der Waals surface area contributed by atoms with Crippen molar-refractivity contribution in [1.82, 2.24) is 0 Å². The minimum Gasteiger partial charge on any atom is -0.399 e. The van der Waals surface area contributed by atoms with E-state index in [1.54, 1.807) is 32.0 Å². The van der Waals surface area contributed by atoms with Gasteiger partial charge in [0.2, 0.25) is 0 Å². The van der Waals surface area contributed by atoms with Gasteiger partial charge in [0.15, 0.2) is 0 Å². The Hall–Kier alpha value is -6.18. The fourth-order valence-corrected chi connectivity index (χ4v) is 6.27. The zero-order valence-electron chi connectivity index (χ0n) is 27.0. The average Bonchev–Trinajstić information content (AvgIpc) is 3.45. The number of halogens is 6. The summed E-state index contributed by atoms with van der Waals surface area (Å²) in [5.74, 6) is -4.17. The van der Waals surface area contributed by atoms with Crippen LogP contribution < -0.4 is 21.3 Å². The van der Waals surface area contributed by atoms with Crippen LogP contribution >= 0.6 is 0 Å². The van der Waals surface area contributed by atoms with Gasteiger partial charge in [0.25, 0.3) is 23.6 Å². The standard InChI is InChI=1S/C37H26F6N4O4/c1-17(24-8-5-22(44)11-18(24)2)10-21-14-32(48)46(33(21)49)31-12-19(3)30(16-29(31)37(41,42)43)47-34(50)26-7-4-20(13-27(26)35(47)51)25-9-6-23(45)15-28(25)36(38,39)40/h4-16H,44-45H2,1-3H3/b17-10+. The minimum atomic E-state index is -5.18. The number of aryl methyl sites for hydroxylation is 2. The second-order valence-electron chi connectivity index (χ2n) is 12.1. The second kappa shape index (κ2) is 12.0. The quantitative estimate of drug-likeness (QED) is 0.124. The van der Waals surface area contributed by atoms with Crippen LogP contribution in [0, 0.1) is 13.8 Å². The summed E-state index contributed by atoms with van der Waals surface area (Å²) in [7, 11) is 0. The number of rotatable bonds is 5. The molecule has 0 bridgehead atoms. The summed E-state index contributed by atoms with van der Waals surface area (Å²) in [6, 6.07) is 12.8. The number of nitrogen functional groups attached to an aromatic ring is 2. The summed E-state index contributed by atoms with van der Waals surface area (Å²) < 4.78 is 85.4. The first-order valence-electron chi connectivity index (χ1n) is 15.1. The maximum Gasteiger partial charge on any atom is 0.418 e. The predicted octanol–water partition coefficient (Wildman–Crippen LogP) is 7.88. The fourth-order valence-electron chi connectivity index (χ4n) is 6.27. The zero-order chi connectivity index (χ0) is 37.3. The third kappa shape index (κ3) is 6.02. The van der Waals surface area contributed by atoms with E-state index in [1.807, 2.05) is 0 Å². The Morgan fingerprint density at radius 3 is 1.88 bits per heavy atom. The van der Waals surface area contributed by atoms with Crippen molar-refractivity contribution in [2.24, 2.45) is 0 Å². The smallest absolute Gasteiger partial charge is 0.399 e. The van der Waals surface area contributed by atoms with Crippen LogP contribution in [-0.2, 0) is 21.9 Å². The van der Waals surface area contributed by atoms with Gasteiger partial charge in [-0.05, 0) is 109 Å². The van der Waals surface area contributed by atoms with E-state index in [0.717, 1.165) is 42.0 Å². The summed E-state index contributed by atoms with van der Waals surface area (Å²) in [4.78, 5) is 54.5. The van der Waals surface area contributed by atoms with E-state index in [4.69, 9.17) is 11.5 Å². The van der Waals surface area contributed by atoms with Gasteiger partial charge in [0.05, 0.1) is 33.6 Å². The van der Waals surface area contributed by atoms with Gasteiger partial charge in [0, 0.05) is 23.0 Å². The lowest BCUT2D eigenvalue weighted by molar-refractivity contribution is -0.138. The molecule has 0 atom stereocenters. The van der Waals surface area contributed by atoms with Gasteiger partial charge in [-0.1, -0.05) is 18.2 Å². The number of hydrogen-bond acceptors (Lipinski definition) is 6. The molecule has 4 aromatic rings. The van der Waals surface area contributed by atoms with Crippen molar-refractivity contribution in [3.05, 3.63) is 123 Å². The zero-order valence-corrected chi connectivity index (χ0v) is 27.0. The monoisotopic (exact) mass is 704 g/mol. The molecule has 260 valence electrons. The topological polar surface area (TPSA) is 127 Å². The summed E-state index contributed by atoms with van der Waals surface area (Å²) in [6.45, 7) is 4.73. The largest absolute Gasteiger partial charge is 0.418 e. The summed E-state index contributed by atoms with van der Waals surface area (Å²) in [6.07, 6.45) is -7.71. The number of fused-ring (bicyclic) bond motifs is 1. The number of hydrogen-bond donors (Lipinski definition) is 2. The molecular weight excluding hydrogens is 678 g/mol. The van der Waals surface area contributed by atoms with Crippen molar-refractivity contribution in [3.8, 4) is 11.1 Å². The van der Waals surface area contributed by atoms with Gasteiger partial charge in [-0.2, -0.15) is 26.3 Å². The molecule has 6 rings (SSSR count). The molecule has 0 aliphatic carbocycles. The molecule has 2 heterocycles. The lowest BCUT2D eigenvalue weighted by Crippen LogP contribution is -2.34. The molecule has 51 heavy (non-hydrogen) atoms. The first-order chi connectivity index (χ1) is 23.8. The number of anilines is 4. The van der Waals surface area contributed by atoms with E-state index < -0.39 is 58.5 Å². The van der Waals surface area contributed by atoms with E-state index in [-0.39, 0.29) is 39.1 Å². The Kier molecular flexibility index (Phi) is 8.16. The van der Waals surface area contributed by atoms with Crippen molar-refractivity contribution >= 4 is 52.0 Å². The van der Waals surface area contributed by atoms with E-state index in [0.29, 0.717) is 32.7 Å². The Morgan fingerprint density at radius 2 is 1.24 bits per heavy atom. The number of benzene rings is 4. The number of carbonyl (C=O) groups excluding carboxylic acids is 4. The summed E-state index contributed by atoms with van der Waals surface area (Å²) in [5.41, 5.74) is 8.58. The maximum absolute atomic E-state index is 14.6. The number of alkyl halides is 6. The number of nitrogens with zero attached hydrogens (tertiary/aromatic N) is 2. The molecule has 14 heteroatoms. The molecule has 2 aliphatic rings. The normalized spacial score (nSPS) is 15.2. The lowest BCUT2D eigenvalue weighted by atomic mass is 9.95. The van der Waals surface area contributed by atoms with Gasteiger partial charge in [-0.15, -0.1) is 0 Å². The first-order valence-corrected chi connectivity index (χ1v) is 15.1.